The summed E-state index contributed by atoms with van der Waals surface area (Å²) >= 11 is 0. The van der Waals surface area contributed by atoms with Crippen molar-refractivity contribution in [3.8, 4) is 5.75 Å². The lowest BCUT2D eigenvalue weighted by atomic mass is 10.1. The number of benzene rings is 1. The third-order valence-corrected chi connectivity index (χ3v) is 2.67. The van der Waals surface area contributed by atoms with Crippen molar-refractivity contribution < 1.29 is 9.47 Å². The molecule has 0 aliphatic carbocycles. The number of rotatable bonds is 8. The van der Waals surface area contributed by atoms with E-state index in [2.05, 4.69) is 20.8 Å². The van der Waals surface area contributed by atoms with E-state index in [0.717, 1.165) is 24.3 Å². The summed E-state index contributed by atoms with van der Waals surface area (Å²) in [6.07, 6.45) is 0.932. The van der Waals surface area contributed by atoms with E-state index in [1.54, 1.807) is 0 Å². The first-order valence-corrected chi connectivity index (χ1v) is 6.69. The highest BCUT2D eigenvalue weighted by Gasteiger charge is 2.04. The fourth-order valence-electron chi connectivity index (χ4n) is 1.61. The van der Waals surface area contributed by atoms with Crippen LogP contribution < -0.4 is 10.5 Å². The van der Waals surface area contributed by atoms with E-state index in [1.807, 2.05) is 24.3 Å². The summed E-state index contributed by atoms with van der Waals surface area (Å²) < 4.78 is 11.1. The Kier molecular flexibility index (Phi) is 6.76. The molecule has 0 saturated heterocycles. The van der Waals surface area contributed by atoms with Gasteiger partial charge in [-0.05, 0) is 30.0 Å². The van der Waals surface area contributed by atoms with Crippen molar-refractivity contribution in [2.45, 2.75) is 33.2 Å². The molecule has 0 spiro atoms. The van der Waals surface area contributed by atoms with Crippen LogP contribution in [0.15, 0.2) is 24.3 Å². The van der Waals surface area contributed by atoms with Crippen LogP contribution in [0.25, 0.3) is 0 Å². The second-order valence-electron chi connectivity index (χ2n) is 4.90. The van der Waals surface area contributed by atoms with E-state index in [1.165, 1.54) is 0 Å². The molecule has 102 valence electrons. The second-order valence-corrected chi connectivity index (χ2v) is 4.90. The van der Waals surface area contributed by atoms with Crippen LogP contribution >= 0.6 is 0 Å². The van der Waals surface area contributed by atoms with Crippen LogP contribution in [0.3, 0.4) is 0 Å². The van der Waals surface area contributed by atoms with Crippen molar-refractivity contribution in [2.24, 2.45) is 11.7 Å². The summed E-state index contributed by atoms with van der Waals surface area (Å²) in [6.45, 7) is 8.34. The summed E-state index contributed by atoms with van der Waals surface area (Å²) in [5.74, 6) is 1.43. The molecule has 0 aromatic heterocycles. The Morgan fingerprint density at radius 3 is 2.67 bits per heavy atom. The molecule has 1 aromatic carbocycles. The normalized spacial score (nSPS) is 12.7. The Balaban J connectivity index is 2.34. The predicted molar refractivity (Wildman–Crippen MR) is 74.8 cm³/mol. The van der Waals surface area contributed by atoms with Gasteiger partial charge >= 0.3 is 0 Å². The summed E-state index contributed by atoms with van der Waals surface area (Å²) in [5, 5.41) is 0. The van der Waals surface area contributed by atoms with Gasteiger partial charge in [0.1, 0.15) is 12.4 Å². The molecule has 1 unspecified atom stereocenters. The van der Waals surface area contributed by atoms with Crippen LogP contribution in [0, 0.1) is 5.92 Å². The van der Waals surface area contributed by atoms with Crippen molar-refractivity contribution in [3.05, 3.63) is 29.8 Å². The zero-order valence-electron chi connectivity index (χ0n) is 11.7. The van der Waals surface area contributed by atoms with Crippen LogP contribution in [-0.4, -0.2) is 19.8 Å². The van der Waals surface area contributed by atoms with Crippen molar-refractivity contribution in [2.75, 3.05) is 19.8 Å². The van der Waals surface area contributed by atoms with Gasteiger partial charge in [-0.25, -0.2) is 0 Å². The van der Waals surface area contributed by atoms with Gasteiger partial charge in [-0.15, -0.1) is 0 Å². The molecule has 1 rings (SSSR count). The van der Waals surface area contributed by atoms with E-state index < -0.39 is 0 Å². The van der Waals surface area contributed by atoms with Crippen molar-refractivity contribution >= 4 is 0 Å². The van der Waals surface area contributed by atoms with E-state index >= 15 is 0 Å². The van der Waals surface area contributed by atoms with Gasteiger partial charge in [0, 0.05) is 12.6 Å². The fourth-order valence-corrected chi connectivity index (χ4v) is 1.61. The lowest BCUT2D eigenvalue weighted by Crippen LogP contribution is -2.11. The highest BCUT2D eigenvalue weighted by molar-refractivity contribution is 5.30. The first kappa shape index (κ1) is 15.0. The molecule has 0 heterocycles. The van der Waals surface area contributed by atoms with Gasteiger partial charge in [-0.1, -0.05) is 32.9 Å². The lowest BCUT2D eigenvalue weighted by Gasteiger charge is -2.12. The van der Waals surface area contributed by atoms with Crippen LogP contribution in [0.2, 0.25) is 0 Å². The summed E-state index contributed by atoms with van der Waals surface area (Å²) in [6, 6.07) is 8.07. The SMILES string of the molecule is CCC(N)c1cccc(OCCOCC(C)C)c1. The van der Waals surface area contributed by atoms with Crippen LogP contribution in [0.5, 0.6) is 5.75 Å². The Hall–Kier alpha value is -1.06. The molecule has 18 heavy (non-hydrogen) atoms. The van der Waals surface area contributed by atoms with E-state index in [-0.39, 0.29) is 6.04 Å². The second kappa shape index (κ2) is 8.11. The minimum Gasteiger partial charge on any atom is -0.491 e. The average molecular weight is 251 g/mol. The van der Waals surface area contributed by atoms with Gasteiger partial charge in [0.2, 0.25) is 0 Å². The fraction of sp³-hybridized carbons (Fsp3) is 0.600. The van der Waals surface area contributed by atoms with Gasteiger partial charge < -0.3 is 15.2 Å². The molecule has 0 saturated carbocycles. The maximum absolute atomic E-state index is 5.99. The van der Waals surface area contributed by atoms with Crippen molar-refractivity contribution in [1.82, 2.24) is 0 Å². The highest BCUT2D eigenvalue weighted by Crippen LogP contribution is 2.19. The van der Waals surface area contributed by atoms with Crippen LogP contribution in [0.4, 0.5) is 0 Å². The van der Waals surface area contributed by atoms with Gasteiger partial charge in [-0.3, -0.25) is 0 Å². The Morgan fingerprint density at radius 2 is 2.00 bits per heavy atom. The number of hydrogen-bond donors (Lipinski definition) is 1. The third kappa shape index (κ3) is 5.52. The maximum Gasteiger partial charge on any atom is 0.119 e. The molecular formula is C15H25NO2. The number of nitrogens with two attached hydrogens (primary N) is 1. The summed E-state index contributed by atoms with van der Waals surface area (Å²) in [5.41, 5.74) is 7.12. The molecule has 1 aromatic rings. The third-order valence-electron chi connectivity index (χ3n) is 2.67. The van der Waals surface area contributed by atoms with Crippen molar-refractivity contribution in [3.63, 3.8) is 0 Å². The molecule has 1 atom stereocenters. The summed E-state index contributed by atoms with van der Waals surface area (Å²) in [4.78, 5) is 0. The Bertz CT molecular complexity index is 339. The Labute approximate surface area is 110 Å². The minimum absolute atomic E-state index is 0.0886. The zero-order chi connectivity index (χ0) is 13.4. The number of ether oxygens (including phenoxy) is 2. The zero-order valence-corrected chi connectivity index (χ0v) is 11.7. The van der Waals surface area contributed by atoms with Crippen molar-refractivity contribution in [1.29, 1.82) is 0 Å². The smallest absolute Gasteiger partial charge is 0.119 e. The van der Waals surface area contributed by atoms with Gasteiger partial charge in [0.15, 0.2) is 0 Å². The first-order valence-electron chi connectivity index (χ1n) is 6.69. The molecule has 3 heteroatoms. The monoisotopic (exact) mass is 251 g/mol. The standard InChI is InChI=1S/C15H25NO2/c1-4-15(16)13-6-5-7-14(10-13)18-9-8-17-11-12(2)3/h5-7,10,12,15H,4,8-9,11,16H2,1-3H3. The van der Waals surface area contributed by atoms with E-state index in [9.17, 15) is 0 Å². The molecule has 2 N–H and O–H groups in total. The van der Waals surface area contributed by atoms with E-state index in [4.69, 9.17) is 15.2 Å². The van der Waals surface area contributed by atoms with Gasteiger partial charge in [-0.2, -0.15) is 0 Å². The largest absolute Gasteiger partial charge is 0.491 e. The molecule has 3 nitrogen and oxygen atoms in total. The van der Waals surface area contributed by atoms with Gasteiger partial charge in [0.05, 0.1) is 6.61 Å². The molecule has 0 bridgehead atoms. The van der Waals surface area contributed by atoms with Gasteiger partial charge in [0.25, 0.3) is 0 Å². The van der Waals surface area contributed by atoms with Crippen LogP contribution in [0.1, 0.15) is 38.8 Å². The number of hydrogen-bond acceptors (Lipinski definition) is 3. The van der Waals surface area contributed by atoms with E-state index in [0.29, 0.717) is 19.1 Å². The van der Waals surface area contributed by atoms with Crippen LogP contribution in [-0.2, 0) is 4.74 Å². The summed E-state index contributed by atoms with van der Waals surface area (Å²) in [7, 11) is 0. The molecular weight excluding hydrogens is 226 g/mol. The molecule has 0 aliphatic heterocycles. The molecule has 0 radical (unpaired) electrons. The molecule has 0 fully saturated rings. The molecule has 0 aliphatic rings. The minimum atomic E-state index is 0.0886. The molecule has 0 amide bonds. The lowest BCUT2D eigenvalue weighted by molar-refractivity contribution is 0.0818. The quantitative estimate of drug-likeness (QED) is 0.722. The topological polar surface area (TPSA) is 44.5 Å². The average Bonchev–Trinajstić information content (AvgIpc) is 2.37. The first-order chi connectivity index (χ1) is 8.63. The maximum atomic E-state index is 5.99. The predicted octanol–water partition coefficient (Wildman–Crippen LogP) is 3.15. The highest BCUT2D eigenvalue weighted by atomic mass is 16.5. The Morgan fingerprint density at radius 1 is 1.22 bits per heavy atom.